The van der Waals surface area contributed by atoms with Crippen molar-refractivity contribution in [2.75, 3.05) is 43.4 Å². The maximum Gasteiger partial charge on any atom is 0.321 e. The number of nitrogens with zero attached hydrogens (tertiary/aromatic N) is 5. The summed E-state index contributed by atoms with van der Waals surface area (Å²) in [5, 5.41) is 15.9. The van der Waals surface area contributed by atoms with Crippen molar-refractivity contribution in [3.63, 3.8) is 0 Å². The molecule has 1 aliphatic carbocycles. The SMILES string of the molecule is CC(C)C1CN(C(=O)Nc2cccc(F)c2)CCN1/C(=N\C#N)Nc1cccc2c1CCN(CC1CCCCC1)C2. The van der Waals surface area contributed by atoms with Gasteiger partial charge in [-0.1, -0.05) is 51.3 Å². The van der Waals surface area contributed by atoms with E-state index in [2.05, 4.69) is 57.5 Å². The van der Waals surface area contributed by atoms with Crippen LogP contribution in [0.3, 0.4) is 0 Å². The number of hydrogen-bond donors (Lipinski definition) is 2. The van der Waals surface area contributed by atoms with E-state index in [1.54, 1.807) is 17.0 Å². The van der Waals surface area contributed by atoms with Gasteiger partial charge in [0, 0.05) is 50.6 Å². The summed E-state index contributed by atoms with van der Waals surface area (Å²) in [5.74, 6) is 1.15. The molecule has 41 heavy (non-hydrogen) atoms. The molecule has 0 radical (unpaired) electrons. The number of rotatable bonds is 5. The Kier molecular flexibility index (Phi) is 9.40. The number of nitrogens with one attached hydrogen (secondary N) is 2. The summed E-state index contributed by atoms with van der Waals surface area (Å²) in [6.45, 7) is 8.86. The molecule has 1 unspecified atom stereocenters. The van der Waals surface area contributed by atoms with E-state index in [0.29, 0.717) is 31.3 Å². The standard InChI is InChI=1S/C32H42FN7O/c1-23(2)30-21-39(32(41)36-27-12-7-11-26(33)18-27)16-17-40(30)31(35-22-34)37-29-13-6-10-25-20-38(15-14-28(25)29)19-24-8-4-3-5-9-24/h6-7,10-13,18,23-24,30H,3-5,8-9,14-17,19-21H2,1-2H3,(H,35,37)(H,36,41). The minimum Gasteiger partial charge on any atom is -0.335 e. The van der Waals surface area contributed by atoms with E-state index in [0.717, 1.165) is 31.1 Å². The summed E-state index contributed by atoms with van der Waals surface area (Å²) in [4.78, 5) is 23.7. The molecule has 2 aromatic carbocycles. The molecule has 1 saturated carbocycles. The molecule has 2 heterocycles. The summed E-state index contributed by atoms with van der Waals surface area (Å²) in [7, 11) is 0. The lowest BCUT2D eigenvalue weighted by molar-refractivity contribution is 0.120. The molecule has 218 valence electrons. The highest BCUT2D eigenvalue weighted by molar-refractivity contribution is 5.96. The molecule has 8 nitrogen and oxygen atoms in total. The van der Waals surface area contributed by atoms with Gasteiger partial charge >= 0.3 is 6.03 Å². The van der Waals surface area contributed by atoms with Gasteiger partial charge in [-0.2, -0.15) is 5.26 Å². The van der Waals surface area contributed by atoms with Gasteiger partial charge in [-0.3, -0.25) is 4.90 Å². The quantitative estimate of drug-likeness (QED) is 0.271. The van der Waals surface area contributed by atoms with Crippen molar-refractivity contribution in [3.8, 4) is 6.19 Å². The number of anilines is 2. The molecular formula is C32H42FN7O. The highest BCUT2D eigenvalue weighted by atomic mass is 19.1. The molecule has 9 heteroatoms. The normalized spacial score (nSPS) is 20.5. The summed E-state index contributed by atoms with van der Waals surface area (Å²) in [5.41, 5.74) is 4.07. The van der Waals surface area contributed by atoms with Gasteiger partial charge in [-0.15, -0.1) is 4.99 Å². The Bertz CT molecular complexity index is 1280. The van der Waals surface area contributed by atoms with Crippen molar-refractivity contribution in [1.29, 1.82) is 5.26 Å². The fourth-order valence-corrected chi connectivity index (χ4v) is 6.60. The van der Waals surface area contributed by atoms with Gasteiger partial charge in [0.1, 0.15) is 5.82 Å². The van der Waals surface area contributed by atoms with E-state index in [4.69, 9.17) is 0 Å². The molecule has 0 bridgehead atoms. The first-order valence-corrected chi connectivity index (χ1v) is 15.1. The molecule has 2 amide bonds. The van der Waals surface area contributed by atoms with Gasteiger partial charge in [0.2, 0.25) is 12.2 Å². The number of benzene rings is 2. The van der Waals surface area contributed by atoms with Crippen LogP contribution >= 0.6 is 0 Å². The number of aliphatic imine (C=N–C) groups is 1. The van der Waals surface area contributed by atoms with E-state index in [9.17, 15) is 14.4 Å². The van der Waals surface area contributed by atoms with Crippen LogP contribution in [-0.2, 0) is 13.0 Å². The maximum absolute atomic E-state index is 13.6. The first-order valence-electron chi connectivity index (χ1n) is 15.1. The van der Waals surface area contributed by atoms with Crippen molar-refractivity contribution < 1.29 is 9.18 Å². The van der Waals surface area contributed by atoms with Crippen LogP contribution in [0.4, 0.5) is 20.6 Å². The van der Waals surface area contributed by atoms with Crippen LogP contribution < -0.4 is 10.6 Å². The van der Waals surface area contributed by atoms with E-state index < -0.39 is 5.82 Å². The Balaban J connectivity index is 1.27. The molecule has 1 saturated heterocycles. The second-order valence-corrected chi connectivity index (χ2v) is 12.0. The number of piperazine rings is 1. The van der Waals surface area contributed by atoms with E-state index in [1.807, 2.05) is 6.19 Å². The molecular weight excluding hydrogens is 517 g/mol. The topological polar surface area (TPSA) is 87.0 Å². The van der Waals surface area contributed by atoms with Crippen molar-refractivity contribution in [3.05, 3.63) is 59.4 Å². The number of nitriles is 1. The van der Waals surface area contributed by atoms with Crippen molar-refractivity contribution in [1.82, 2.24) is 14.7 Å². The Labute approximate surface area is 243 Å². The summed E-state index contributed by atoms with van der Waals surface area (Å²) < 4.78 is 13.6. The summed E-state index contributed by atoms with van der Waals surface area (Å²) in [6, 6.07) is 12.0. The minimum absolute atomic E-state index is 0.0490. The number of carbonyl (C=O) groups excluding carboxylic acids is 1. The molecule has 5 rings (SSSR count). The van der Waals surface area contributed by atoms with E-state index >= 15 is 0 Å². The predicted molar refractivity (Wildman–Crippen MR) is 161 cm³/mol. The first kappa shape index (κ1) is 28.9. The van der Waals surface area contributed by atoms with Gasteiger partial charge in [-0.25, -0.2) is 9.18 Å². The molecule has 0 spiro atoms. The first-order chi connectivity index (χ1) is 19.9. The minimum atomic E-state index is -0.392. The number of carbonyl (C=O) groups is 1. The summed E-state index contributed by atoms with van der Waals surface area (Å²) in [6.07, 6.45) is 9.80. The third-order valence-corrected chi connectivity index (χ3v) is 8.81. The second kappa shape index (κ2) is 13.3. The number of hydrogen-bond acceptors (Lipinski definition) is 4. The van der Waals surface area contributed by atoms with Crippen LogP contribution in [0.1, 0.15) is 57.1 Å². The monoisotopic (exact) mass is 559 g/mol. The lowest BCUT2D eigenvalue weighted by Gasteiger charge is -2.44. The largest absolute Gasteiger partial charge is 0.335 e. The van der Waals surface area contributed by atoms with Gasteiger partial charge in [0.05, 0.1) is 6.04 Å². The Morgan fingerprint density at radius 3 is 2.66 bits per heavy atom. The molecule has 1 atom stereocenters. The van der Waals surface area contributed by atoms with Crippen LogP contribution in [0.5, 0.6) is 0 Å². The van der Waals surface area contributed by atoms with Crippen LogP contribution in [0, 0.1) is 29.1 Å². The Morgan fingerprint density at radius 2 is 1.90 bits per heavy atom. The lowest BCUT2D eigenvalue weighted by atomic mass is 9.88. The number of guanidine groups is 1. The predicted octanol–water partition coefficient (Wildman–Crippen LogP) is 5.89. The Morgan fingerprint density at radius 1 is 1.10 bits per heavy atom. The molecule has 3 aliphatic rings. The van der Waals surface area contributed by atoms with Gasteiger partial charge in [0.25, 0.3) is 0 Å². The third kappa shape index (κ3) is 7.17. The van der Waals surface area contributed by atoms with Crippen molar-refractivity contribution in [2.24, 2.45) is 16.8 Å². The van der Waals surface area contributed by atoms with Crippen LogP contribution in [-0.4, -0.2) is 65.5 Å². The maximum atomic E-state index is 13.6. The highest BCUT2D eigenvalue weighted by Gasteiger charge is 2.34. The molecule has 2 aromatic rings. The highest BCUT2D eigenvalue weighted by Crippen LogP contribution is 2.30. The van der Waals surface area contributed by atoms with E-state index in [1.165, 1.54) is 61.9 Å². The smallest absolute Gasteiger partial charge is 0.321 e. The van der Waals surface area contributed by atoms with Crippen molar-refractivity contribution >= 4 is 23.4 Å². The zero-order chi connectivity index (χ0) is 28.8. The number of fused-ring (bicyclic) bond motifs is 1. The third-order valence-electron chi connectivity index (χ3n) is 8.81. The van der Waals surface area contributed by atoms with Crippen molar-refractivity contribution in [2.45, 2.75) is 65.0 Å². The van der Waals surface area contributed by atoms with Gasteiger partial charge < -0.3 is 20.4 Å². The Hall–Kier alpha value is -3.64. The second-order valence-electron chi connectivity index (χ2n) is 12.0. The lowest BCUT2D eigenvalue weighted by Crippen LogP contribution is -2.60. The average molecular weight is 560 g/mol. The average Bonchev–Trinajstić information content (AvgIpc) is 2.97. The van der Waals surface area contributed by atoms with Gasteiger partial charge in [0.15, 0.2) is 0 Å². The molecule has 2 aliphatic heterocycles. The number of urea groups is 1. The molecule has 2 fully saturated rings. The zero-order valence-corrected chi connectivity index (χ0v) is 24.3. The zero-order valence-electron chi connectivity index (χ0n) is 24.3. The fraction of sp³-hybridized carbons (Fsp3) is 0.531. The number of amides is 2. The van der Waals surface area contributed by atoms with Crippen LogP contribution in [0.25, 0.3) is 0 Å². The summed E-state index contributed by atoms with van der Waals surface area (Å²) >= 11 is 0. The van der Waals surface area contributed by atoms with Crippen LogP contribution in [0.15, 0.2) is 47.5 Å². The fourth-order valence-electron chi connectivity index (χ4n) is 6.60. The van der Waals surface area contributed by atoms with Gasteiger partial charge in [-0.05, 0) is 66.5 Å². The van der Waals surface area contributed by atoms with Crippen LogP contribution in [0.2, 0.25) is 0 Å². The number of halogens is 1. The van der Waals surface area contributed by atoms with E-state index in [-0.39, 0.29) is 18.0 Å². The molecule has 2 N–H and O–H groups in total. The molecule has 0 aromatic heterocycles.